The number of aliphatic imine (C=N–C) groups is 1. The maximum absolute atomic E-state index is 13.6. The van der Waals surface area contributed by atoms with Gasteiger partial charge in [-0.1, -0.05) is 35.5 Å². The number of amidine groups is 1. The molecule has 0 fully saturated rings. The van der Waals surface area contributed by atoms with Crippen molar-refractivity contribution in [3.63, 3.8) is 0 Å². The summed E-state index contributed by atoms with van der Waals surface area (Å²) in [5.41, 5.74) is 1.41. The van der Waals surface area contributed by atoms with Gasteiger partial charge in [-0.3, -0.25) is 9.69 Å². The van der Waals surface area contributed by atoms with Gasteiger partial charge in [0.05, 0.1) is 24.4 Å². The third kappa shape index (κ3) is 4.68. The number of rotatable bonds is 7. The lowest BCUT2D eigenvalue weighted by Crippen LogP contribution is -2.30. The zero-order valence-corrected chi connectivity index (χ0v) is 18.1. The topological polar surface area (TPSA) is 51.1 Å². The van der Waals surface area contributed by atoms with E-state index in [0.29, 0.717) is 34.7 Å². The van der Waals surface area contributed by atoms with Gasteiger partial charge in [0.1, 0.15) is 11.5 Å². The molecule has 0 aliphatic carbocycles. The highest BCUT2D eigenvalue weighted by Crippen LogP contribution is 2.33. The number of benzene rings is 2. The summed E-state index contributed by atoms with van der Waals surface area (Å²) in [6.07, 6.45) is 3.38. The molecular formula is C22H20ClFN2O3S. The van der Waals surface area contributed by atoms with Crippen molar-refractivity contribution in [2.45, 2.75) is 6.92 Å². The van der Waals surface area contributed by atoms with Crippen LogP contribution < -0.4 is 14.4 Å². The Hall–Kier alpha value is -2.77. The fourth-order valence-electron chi connectivity index (χ4n) is 2.78. The van der Waals surface area contributed by atoms with Crippen molar-refractivity contribution >= 4 is 46.2 Å². The molecule has 0 bridgehead atoms. The predicted octanol–water partition coefficient (Wildman–Crippen LogP) is 5.55. The molecule has 0 N–H and O–H groups in total. The van der Waals surface area contributed by atoms with Gasteiger partial charge in [-0.2, -0.15) is 0 Å². The van der Waals surface area contributed by atoms with Crippen LogP contribution in [0.5, 0.6) is 11.5 Å². The number of thioether (sulfide) groups is 1. The molecule has 2 aromatic carbocycles. The lowest BCUT2D eigenvalue weighted by atomic mass is 10.1. The molecule has 0 spiro atoms. The van der Waals surface area contributed by atoms with Crippen molar-refractivity contribution in [3.05, 3.63) is 71.2 Å². The first-order chi connectivity index (χ1) is 14.5. The van der Waals surface area contributed by atoms with Crippen LogP contribution >= 0.6 is 23.4 Å². The van der Waals surface area contributed by atoms with E-state index < -0.39 is 5.82 Å². The SMILES string of the molecule is C=CCSC1=NC(=Cc2ccc(OCC)c(OC)c2)C(=O)N1c1ccc(F)c(Cl)c1. The first kappa shape index (κ1) is 21.9. The summed E-state index contributed by atoms with van der Waals surface area (Å²) in [5.74, 6) is 0.845. The first-order valence-electron chi connectivity index (χ1n) is 9.13. The molecule has 1 aliphatic rings. The van der Waals surface area contributed by atoms with Gasteiger partial charge < -0.3 is 9.47 Å². The van der Waals surface area contributed by atoms with E-state index in [1.165, 1.54) is 34.9 Å². The molecule has 1 aliphatic heterocycles. The van der Waals surface area contributed by atoms with Crippen molar-refractivity contribution in [2.75, 3.05) is 24.4 Å². The fraction of sp³-hybridized carbons (Fsp3) is 0.182. The maximum Gasteiger partial charge on any atom is 0.283 e. The summed E-state index contributed by atoms with van der Waals surface area (Å²) in [6, 6.07) is 9.49. The molecule has 1 heterocycles. The van der Waals surface area contributed by atoms with E-state index in [9.17, 15) is 9.18 Å². The van der Waals surface area contributed by atoms with Crippen molar-refractivity contribution in [1.82, 2.24) is 0 Å². The lowest BCUT2D eigenvalue weighted by Gasteiger charge is -2.17. The molecular weight excluding hydrogens is 427 g/mol. The van der Waals surface area contributed by atoms with E-state index in [0.717, 1.165) is 5.56 Å². The Morgan fingerprint density at radius 3 is 2.73 bits per heavy atom. The smallest absolute Gasteiger partial charge is 0.283 e. The number of hydrogen-bond donors (Lipinski definition) is 0. The summed E-state index contributed by atoms with van der Waals surface area (Å²) < 4.78 is 24.5. The number of carbonyl (C=O) groups excluding carboxylic acids is 1. The Bertz CT molecular complexity index is 1040. The summed E-state index contributed by atoms with van der Waals surface area (Å²) in [7, 11) is 1.55. The zero-order chi connectivity index (χ0) is 21.7. The largest absolute Gasteiger partial charge is 0.493 e. The van der Waals surface area contributed by atoms with Crippen LogP contribution in [0.3, 0.4) is 0 Å². The van der Waals surface area contributed by atoms with E-state index >= 15 is 0 Å². The number of carbonyl (C=O) groups is 1. The van der Waals surface area contributed by atoms with Gasteiger partial charge in [-0.15, -0.1) is 6.58 Å². The monoisotopic (exact) mass is 446 g/mol. The molecule has 0 saturated carbocycles. The summed E-state index contributed by atoms with van der Waals surface area (Å²) >= 11 is 7.26. The second kappa shape index (κ2) is 9.82. The number of methoxy groups -OCH3 is 1. The Balaban J connectivity index is 1.99. The van der Waals surface area contributed by atoms with E-state index in [2.05, 4.69) is 11.6 Å². The average Bonchev–Trinajstić information content (AvgIpc) is 3.04. The Labute approximate surface area is 183 Å². The maximum atomic E-state index is 13.6. The van der Waals surface area contributed by atoms with Crippen molar-refractivity contribution in [2.24, 2.45) is 4.99 Å². The minimum atomic E-state index is -0.554. The first-order valence-corrected chi connectivity index (χ1v) is 10.5. The van der Waals surface area contributed by atoms with Gasteiger partial charge >= 0.3 is 0 Å². The average molecular weight is 447 g/mol. The van der Waals surface area contributed by atoms with Gasteiger partial charge in [0.25, 0.3) is 5.91 Å². The molecule has 0 saturated heterocycles. The van der Waals surface area contributed by atoms with Gasteiger partial charge in [0, 0.05) is 5.75 Å². The number of ether oxygens (including phenoxy) is 2. The van der Waals surface area contributed by atoms with Crippen molar-refractivity contribution in [3.8, 4) is 11.5 Å². The standard InChI is InChI=1S/C22H20ClFN2O3S/c1-4-10-30-22-25-18(11-14-6-9-19(29-5-2)20(12-14)28-3)21(27)26(22)15-7-8-17(24)16(23)13-15/h4,6-9,11-13H,1,5,10H2,2-3H3. The van der Waals surface area contributed by atoms with Crippen LogP contribution in [-0.2, 0) is 4.79 Å². The summed E-state index contributed by atoms with van der Waals surface area (Å²) in [4.78, 5) is 19.0. The third-order valence-electron chi connectivity index (χ3n) is 4.11. The van der Waals surface area contributed by atoms with Crippen LogP contribution in [0.25, 0.3) is 6.08 Å². The molecule has 0 unspecified atom stereocenters. The van der Waals surface area contributed by atoms with Gasteiger partial charge in [-0.25, -0.2) is 9.38 Å². The number of anilines is 1. The second-order valence-electron chi connectivity index (χ2n) is 6.11. The van der Waals surface area contributed by atoms with Crippen LogP contribution in [0.2, 0.25) is 5.02 Å². The van der Waals surface area contributed by atoms with Crippen LogP contribution in [-0.4, -0.2) is 30.5 Å². The number of amides is 1. The lowest BCUT2D eigenvalue weighted by molar-refractivity contribution is -0.113. The fourth-order valence-corrected chi connectivity index (χ4v) is 3.71. The number of halogens is 2. The minimum absolute atomic E-state index is 0.0675. The molecule has 3 rings (SSSR count). The summed E-state index contributed by atoms with van der Waals surface area (Å²) in [5, 5.41) is 0.397. The molecule has 5 nitrogen and oxygen atoms in total. The van der Waals surface area contributed by atoms with E-state index in [4.69, 9.17) is 21.1 Å². The highest BCUT2D eigenvalue weighted by molar-refractivity contribution is 8.14. The van der Waals surface area contributed by atoms with Crippen LogP contribution in [0, 0.1) is 5.82 Å². The molecule has 2 aromatic rings. The van der Waals surface area contributed by atoms with E-state index in [-0.39, 0.29) is 16.6 Å². The Morgan fingerprint density at radius 1 is 1.27 bits per heavy atom. The van der Waals surface area contributed by atoms with Crippen molar-refractivity contribution < 1.29 is 18.7 Å². The molecule has 1 amide bonds. The minimum Gasteiger partial charge on any atom is -0.493 e. The highest BCUT2D eigenvalue weighted by atomic mass is 35.5. The van der Waals surface area contributed by atoms with Crippen LogP contribution in [0.15, 0.2) is 59.7 Å². The highest BCUT2D eigenvalue weighted by Gasteiger charge is 2.32. The zero-order valence-electron chi connectivity index (χ0n) is 16.5. The Kier molecular flexibility index (Phi) is 7.18. The van der Waals surface area contributed by atoms with Crippen LogP contribution in [0.1, 0.15) is 12.5 Å². The molecule has 156 valence electrons. The van der Waals surface area contributed by atoms with Gasteiger partial charge in [-0.05, 0) is 48.9 Å². The predicted molar refractivity (Wildman–Crippen MR) is 121 cm³/mol. The quantitative estimate of drug-likeness (QED) is 0.413. The van der Waals surface area contributed by atoms with E-state index in [1.54, 1.807) is 31.4 Å². The third-order valence-corrected chi connectivity index (χ3v) is 5.34. The van der Waals surface area contributed by atoms with Gasteiger partial charge in [0.15, 0.2) is 16.7 Å². The van der Waals surface area contributed by atoms with Gasteiger partial charge in [0.2, 0.25) is 0 Å². The summed E-state index contributed by atoms with van der Waals surface area (Å²) in [6.45, 7) is 6.10. The normalized spacial score (nSPS) is 14.8. The molecule has 8 heteroatoms. The van der Waals surface area contributed by atoms with E-state index in [1.807, 2.05) is 13.0 Å². The molecule has 30 heavy (non-hydrogen) atoms. The molecule has 0 aromatic heterocycles. The molecule has 0 atom stereocenters. The second-order valence-corrected chi connectivity index (χ2v) is 7.50. The van der Waals surface area contributed by atoms with Crippen molar-refractivity contribution in [1.29, 1.82) is 0 Å². The number of hydrogen-bond acceptors (Lipinski definition) is 5. The van der Waals surface area contributed by atoms with Crippen LogP contribution in [0.4, 0.5) is 10.1 Å². The Morgan fingerprint density at radius 2 is 2.07 bits per heavy atom. The number of nitrogens with zero attached hydrogens (tertiary/aromatic N) is 2. The molecule has 0 radical (unpaired) electrons.